The van der Waals surface area contributed by atoms with Crippen LogP contribution in [0.3, 0.4) is 0 Å². The van der Waals surface area contributed by atoms with Gasteiger partial charge in [0.15, 0.2) is 0 Å². The van der Waals surface area contributed by atoms with Crippen molar-refractivity contribution in [2.45, 2.75) is 27.7 Å². The van der Waals surface area contributed by atoms with Gasteiger partial charge in [-0.1, -0.05) is 24.8 Å². The average Bonchev–Trinajstić information content (AvgIpc) is 2.60. The molecule has 6 N–H and O–H groups in total. The van der Waals surface area contributed by atoms with Gasteiger partial charge in [0.25, 0.3) is 29.6 Å². The van der Waals surface area contributed by atoms with E-state index in [-0.39, 0.29) is 18.9 Å². The number of carbonyl (C=O) groups is 4. The fraction of sp³-hybridized carbons (Fsp3) is 0.333. The van der Waals surface area contributed by atoms with Gasteiger partial charge in [0.2, 0.25) is 0 Å². The second kappa shape index (κ2) is 28.4. The minimum absolute atomic E-state index is 0.0995. The van der Waals surface area contributed by atoms with E-state index in [0.29, 0.717) is 5.56 Å². The molecule has 0 aromatic heterocycles. The predicted octanol–water partition coefficient (Wildman–Crippen LogP) is 1.57. The van der Waals surface area contributed by atoms with Crippen LogP contribution in [0.15, 0.2) is 30.8 Å². The van der Waals surface area contributed by atoms with E-state index in [1.807, 2.05) is 0 Å². The van der Waals surface area contributed by atoms with E-state index in [9.17, 15) is 10.1 Å². The molecule has 1 aromatic carbocycles. The van der Waals surface area contributed by atoms with Crippen LogP contribution in [0.1, 0.15) is 33.3 Å². The molecule has 1 rings (SSSR count). The third-order valence-corrected chi connectivity index (χ3v) is 1.45. The number of rotatable bonds is 3. The van der Waals surface area contributed by atoms with Gasteiger partial charge in [-0.15, -0.1) is 0 Å². The van der Waals surface area contributed by atoms with Gasteiger partial charge in [0, 0.05) is 33.8 Å². The molecule has 178 valence electrons. The summed E-state index contributed by atoms with van der Waals surface area (Å²) < 4.78 is 0. The number of nitrogens with zero attached hydrogens (tertiary/aromatic N) is 1. The summed E-state index contributed by atoms with van der Waals surface area (Å²) >= 11 is 0. The molecule has 13 nitrogen and oxygen atoms in total. The summed E-state index contributed by atoms with van der Waals surface area (Å²) in [6.45, 7) is 7.55. The fourth-order valence-corrected chi connectivity index (χ4v) is 0.826. The highest BCUT2D eigenvalue weighted by molar-refractivity contribution is 5.63. The molecule has 0 amide bonds. The predicted molar refractivity (Wildman–Crippen MR) is 111 cm³/mol. The number of aliphatic hydroxyl groups is 2. The Morgan fingerprint density at radius 1 is 0.839 bits per heavy atom. The standard InChI is InChI=1S/C8H7NO2.4C2H4O2.C2H6O2/c1-2-7-5-3-4-6-8(7)9(10)11;4*1-2(3)4;3-1-2-4/h2-6H,1H2;4*1H3,(H,3,4);3-4H,1-2H2. The van der Waals surface area contributed by atoms with Gasteiger partial charge < -0.3 is 30.6 Å². The zero-order valence-corrected chi connectivity index (χ0v) is 17.6. The van der Waals surface area contributed by atoms with Gasteiger partial charge in [0.05, 0.1) is 23.7 Å². The van der Waals surface area contributed by atoms with E-state index >= 15 is 0 Å². The normalized spacial score (nSPS) is 7.42. The van der Waals surface area contributed by atoms with Crippen molar-refractivity contribution in [3.8, 4) is 0 Å². The lowest BCUT2D eigenvalue weighted by atomic mass is 10.2. The summed E-state index contributed by atoms with van der Waals surface area (Å²) in [5.74, 6) is -3.33. The van der Waals surface area contributed by atoms with Crippen LogP contribution in [0.2, 0.25) is 0 Å². The first kappa shape index (κ1) is 37.8. The molecular weight excluding hydrogens is 422 g/mol. The van der Waals surface area contributed by atoms with Gasteiger partial charge in [-0.05, 0) is 6.07 Å². The molecule has 31 heavy (non-hydrogen) atoms. The topological polar surface area (TPSA) is 233 Å². The Morgan fingerprint density at radius 3 is 1.26 bits per heavy atom. The molecule has 1 aromatic rings. The molecule has 0 saturated heterocycles. The SMILES string of the molecule is C=Cc1ccccc1[N+](=O)[O-].CC(=O)O.CC(=O)O.CC(=O)O.CC(=O)O.OCCO. The zero-order valence-electron chi connectivity index (χ0n) is 17.6. The Hall–Kier alpha value is -3.84. The lowest BCUT2D eigenvalue weighted by Gasteiger charge is -1.93. The molecule has 0 spiro atoms. The van der Waals surface area contributed by atoms with Crippen LogP contribution < -0.4 is 0 Å². The number of para-hydroxylation sites is 1. The summed E-state index contributed by atoms with van der Waals surface area (Å²) in [5, 5.41) is 55.3. The van der Waals surface area contributed by atoms with Crippen molar-refractivity contribution in [2.75, 3.05) is 13.2 Å². The van der Waals surface area contributed by atoms with Gasteiger partial charge in [0.1, 0.15) is 0 Å². The Kier molecular flexibility index (Phi) is 34.6. The third-order valence-electron chi connectivity index (χ3n) is 1.45. The maximum Gasteiger partial charge on any atom is 0.300 e. The second-order valence-corrected chi connectivity index (χ2v) is 4.54. The zero-order chi connectivity index (χ0) is 26.0. The van der Waals surface area contributed by atoms with E-state index in [1.54, 1.807) is 18.2 Å². The van der Waals surface area contributed by atoms with Crippen molar-refractivity contribution in [2.24, 2.45) is 0 Å². The highest BCUT2D eigenvalue weighted by atomic mass is 16.6. The number of aliphatic hydroxyl groups excluding tert-OH is 2. The summed E-state index contributed by atoms with van der Waals surface area (Å²) in [4.78, 5) is 45.9. The Bertz CT molecular complexity index is 593. The van der Waals surface area contributed by atoms with E-state index in [4.69, 9.17) is 49.8 Å². The van der Waals surface area contributed by atoms with Crippen molar-refractivity contribution < 1.29 is 54.7 Å². The number of hydrogen-bond donors (Lipinski definition) is 6. The molecule has 0 fully saturated rings. The first-order chi connectivity index (χ1) is 14.1. The molecule has 0 heterocycles. The van der Waals surface area contributed by atoms with Gasteiger partial charge in [-0.3, -0.25) is 29.3 Å². The van der Waals surface area contributed by atoms with Crippen molar-refractivity contribution >= 4 is 35.6 Å². The summed E-state index contributed by atoms with van der Waals surface area (Å²) in [7, 11) is 0. The molecule has 13 heteroatoms. The Labute approximate surface area is 178 Å². The Balaban J connectivity index is -0.0000000958. The lowest BCUT2D eigenvalue weighted by Crippen LogP contribution is -1.89. The molecule has 0 unspecified atom stereocenters. The highest BCUT2D eigenvalue weighted by Crippen LogP contribution is 2.17. The second-order valence-electron chi connectivity index (χ2n) is 4.54. The number of nitro groups is 1. The summed E-state index contributed by atoms with van der Waals surface area (Å²) in [6, 6.07) is 6.48. The van der Waals surface area contributed by atoms with Crippen LogP contribution in [0, 0.1) is 10.1 Å². The maximum atomic E-state index is 10.3. The van der Waals surface area contributed by atoms with Crippen LogP contribution in [0.25, 0.3) is 6.08 Å². The van der Waals surface area contributed by atoms with Crippen LogP contribution in [-0.2, 0) is 19.2 Å². The molecule has 0 radical (unpaired) electrons. The number of hydrogen-bond acceptors (Lipinski definition) is 8. The van der Waals surface area contributed by atoms with E-state index in [0.717, 1.165) is 27.7 Å². The molecular formula is C18H29NO12. The molecule has 0 atom stereocenters. The summed E-state index contributed by atoms with van der Waals surface area (Å²) in [6.07, 6.45) is 1.47. The first-order valence-electron chi connectivity index (χ1n) is 7.96. The number of carboxylic acid groups (broad SMARTS) is 4. The minimum atomic E-state index is -0.833. The van der Waals surface area contributed by atoms with Crippen LogP contribution in [0.5, 0.6) is 0 Å². The van der Waals surface area contributed by atoms with Gasteiger partial charge in [-0.2, -0.15) is 0 Å². The van der Waals surface area contributed by atoms with Gasteiger partial charge >= 0.3 is 0 Å². The third kappa shape index (κ3) is 76.2. The molecule has 0 saturated carbocycles. The highest BCUT2D eigenvalue weighted by Gasteiger charge is 2.07. The smallest absolute Gasteiger partial charge is 0.300 e. The average molecular weight is 451 g/mol. The summed E-state index contributed by atoms with van der Waals surface area (Å²) in [5.41, 5.74) is 0.653. The van der Waals surface area contributed by atoms with E-state index < -0.39 is 28.8 Å². The maximum absolute atomic E-state index is 10.3. The lowest BCUT2D eigenvalue weighted by molar-refractivity contribution is -0.385. The first-order valence-corrected chi connectivity index (χ1v) is 7.96. The number of carboxylic acids is 4. The quantitative estimate of drug-likeness (QED) is 0.284. The van der Waals surface area contributed by atoms with Crippen molar-refractivity contribution in [3.05, 3.63) is 46.5 Å². The fourth-order valence-electron chi connectivity index (χ4n) is 0.826. The van der Waals surface area contributed by atoms with Crippen LogP contribution in [0.4, 0.5) is 5.69 Å². The largest absolute Gasteiger partial charge is 0.481 e. The molecule has 0 aliphatic rings. The number of benzene rings is 1. The number of nitro benzene ring substituents is 1. The molecule has 0 aliphatic carbocycles. The Morgan fingerprint density at radius 2 is 1.10 bits per heavy atom. The van der Waals surface area contributed by atoms with Crippen molar-refractivity contribution in [3.63, 3.8) is 0 Å². The van der Waals surface area contributed by atoms with Gasteiger partial charge in [-0.25, -0.2) is 0 Å². The van der Waals surface area contributed by atoms with Crippen LogP contribution in [-0.4, -0.2) is 72.7 Å². The van der Waals surface area contributed by atoms with E-state index in [1.165, 1.54) is 12.1 Å². The number of aliphatic carboxylic acids is 4. The van der Waals surface area contributed by atoms with Crippen LogP contribution >= 0.6 is 0 Å². The van der Waals surface area contributed by atoms with E-state index in [2.05, 4.69) is 6.58 Å². The molecule has 0 aliphatic heterocycles. The molecule has 0 bridgehead atoms. The minimum Gasteiger partial charge on any atom is -0.481 e. The van der Waals surface area contributed by atoms with Crippen molar-refractivity contribution in [1.82, 2.24) is 0 Å². The van der Waals surface area contributed by atoms with Crippen molar-refractivity contribution in [1.29, 1.82) is 0 Å². The monoisotopic (exact) mass is 451 g/mol.